The number of hydrogen-bond donors (Lipinski definition) is 2. The van der Waals surface area contributed by atoms with Gasteiger partial charge in [-0.25, -0.2) is 4.79 Å². The van der Waals surface area contributed by atoms with Gasteiger partial charge in [-0.15, -0.1) is 0 Å². The molecule has 2 aromatic rings. The predicted molar refractivity (Wildman–Crippen MR) is 110 cm³/mol. The third-order valence-electron chi connectivity index (χ3n) is 4.50. The summed E-state index contributed by atoms with van der Waals surface area (Å²) in [5.74, 6) is 0. The number of aromatic nitrogens is 1. The maximum Gasteiger partial charge on any atom is 0.509 e. The van der Waals surface area contributed by atoms with Crippen LogP contribution in [-0.2, 0) is 9.39 Å². The first-order valence-corrected chi connectivity index (χ1v) is 9.54. The minimum atomic E-state index is -1.44. The van der Waals surface area contributed by atoms with Gasteiger partial charge in [-0.1, -0.05) is 22.0 Å². The summed E-state index contributed by atoms with van der Waals surface area (Å²) in [7, 11) is -1.44. The third-order valence-corrected chi connectivity index (χ3v) is 5.00. The Morgan fingerprint density at radius 2 is 1.70 bits per heavy atom. The molecule has 1 aromatic carbocycles. The first-order valence-electron chi connectivity index (χ1n) is 8.75. The summed E-state index contributed by atoms with van der Waals surface area (Å²) in [6.45, 7) is 11.9. The third kappa shape index (κ3) is 4.93. The lowest BCUT2D eigenvalue weighted by atomic mass is 9.80. The number of nitrogens with zero attached hydrogens (tertiary/aromatic N) is 1. The Kier molecular flexibility index (Phi) is 5.88. The zero-order valence-electron chi connectivity index (χ0n) is 16.8. The fraction of sp³-hybridized carbons (Fsp3) is 0.526. The molecule has 0 saturated heterocycles. The highest BCUT2D eigenvalue weighted by atomic mass is 79.9. The molecule has 1 heterocycles. The average Bonchev–Trinajstić information content (AvgIpc) is 2.82. The standard InChI is InChI=1S/C19H27BBrNO5/c1-17(2,3)26-16(23)22-14-11-13(21)9-8-12(14)10-15(22)20(25)27-19(6,7)18(4,5)24/h8-11,24-25H,1-7H3. The van der Waals surface area contributed by atoms with E-state index in [9.17, 15) is 14.9 Å². The van der Waals surface area contributed by atoms with E-state index < -0.39 is 30.0 Å². The van der Waals surface area contributed by atoms with Gasteiger partial charge >= 0.3 is 13.2 Å². The van der Waals surface area contributed by atoms with Crippen molar-refractivity contribution in [1.29, 1.82) is 0 Å². The first-order chi connectivity index (χ1) is 12.1. The lowest BCUT2D eigenvalue weighted by Crippen LogP contribution is -2.54. The molecule has 0 amide bonds. The molecule has 0 unspecified atom stereocenters. The van der Waals surface area contributed by atoms with Crippen molar-refractivity contribution in [2.45, 2.75) is 65.3 Å². The molecule has 148 valence electrons. The van der Waals surface area contributed by atoms with E-state index in [2.05, 4.69) is 15.9 Å². The van der Waals surface area contributed by atoms with Crippen molar-refractivity contribution in [3.05, 3.63) is 28.7 Å². The van der Waals surface area contributed by atoms with E-state index in [0.29, 0.717) is 5.52 Å². The van der Waals surface area contributed by atoms with Gasteiger partial charge in [-0.05, 0) is 72.1 Å². The van der Waals surface area contributed by atoms with Crippen molar-refractivity contribution < 1.29 is 24.3 Å². The number of ether oxygens (including phenoxy) is 1. The lowest BCUT2D eigenvalue weighted by molar-refractivity contribution is -0.0984. The second-order valence-electron chi connectivity index (χ2n) is 8.63. The average molecular weight is 440 g/mol. The van der Waals surface area contributed by atoms with Gasteiger partial charge in [0.1, 0.15) is 5.60 Å². The van der Waals surface area contributed by atoms with Crippen LogP contribution in [-0.4, -0.2) is 44.7 Å². The van der Waals surface area contributed by atoms with Crippen LogP contribution in [0.1, 0.15) is 48.5 Å². The van der Waals surface area contributed by atoms with Gasteiger partial charge in [0, 0.05) is 4.47 Å². The Morgan fingerprint density at radius 3 is 2.22 bits per heavy atom. The van der Waals surface area contributed by atoms with Crippen molar-refractivity contribution in [1.82, 2.24) is 4.57 Å². The molecule has 0 radical (unpaired) electrons. The fourth-order valence-electron chi connectivity index (χ4n) is 2.37. The SMILES string of the molecule is CC(C)(C)OC(=O)n1c(B(O)OC(C)(C)C(C)(C)O)cc2ccc(Br)cc21. The number of benzene rings is 1. The molecule has 0 spiro atoms. The predicted octanol–water partition coefficient (Wildman–Crippen LogP) is 3.44. The summed E-state index contributed by atoms with van der Waals surface area (Å²) in [6, 6.07) is 7.13. The van der Waals surface area contributed by atoms with Gasteiger partial charge in [-0.2, -0.15) is 0 Å². The Balaban J connectivity index is 2.55. The molecule has 2 N–H and O–H groups in total. The number of halogens is 1. The van der Waals surface area contributed by atoms with Gasteiger partial charge in [0.15, 0.2) is 0 Å². The molecule has 1 aromatic heterocycles. The molecular weight excluding hydrogens is 413 g/mol. The van der Waals surface area contributed by atoms with E-state index in [1.807, 2.05) is 12.1 Å². The Bertz CT molecular complexity index is 848. The van der Waals surface area contributed by atoms with Crippen LogP contribution < -0.4 is 5.59 Å². The summed E-state index contributed by atoms with van der Waals surface area (Å²) in [5, 5.41) is 21.8. The number of aliphatic hydroxyl groups is 1. The van der Waals surface area contributed by atoms with Crippen LogP contribution in [0.15, 0.2) is 28.7 Å². The summed E-state index contributed by atoms with van der Waals surface area (Å²) in [4.78, 5) is 12.8. The van der Waals surface area contributed by atoms with E-state index in [1.165, 1.54) is 4.57 Å². The molecule has 8 heteroatoms. The molecule has 27 heavy (non-hydrogen) atoms. The highest BCUT2D eigenvalue weighted by Gasteiger charge is 2.41. The van der Waals surface area contributed by atoms with Gasteiger partial charge in [0.05, 0.1) is 22.3 Å². The molecule has 0 saturated carbocycles. The van der Waals surface area contributed by atoms with E-state index >= 15 is 0 Å². The molecule has 0 aliphatic carbocycles. The molecule has 0 aliphatic heterocycles. The van der Waals surface area contributed by atoms with Crippen LogP contribution in [0.5, 0.6) is 0 Å². The van der Waals surface area contributed by atoms with Gasteiger partial charge in [0.25, 0.3) is 0 Å². The summed E-state index contributed by atoms with van der Waals surface area (Å²) in [5.41, 5.74) is -2.16. The summed E-state index contributed by atoms with van der Waals surface area (Å²) >= 11 is 3.41. The minimum absolute atomic E-state index is 0.231. The van der Waals surface area contributed by atoms with Crippen LogP contribution in [0.25, 0.3) is 10.9 Å². The zero-order chi connectivity index (χ0) is 20.8. The monoisotopic (exact) mass is 439 g/mol. The van der Waals surface area contributed by atoms with Crippen molar-refractivity contribution in [3.8, 4) is 0 Å². The van der Waals surface area contributed by atoms with Crippen molar-refractivity contribution >= 4 is 45.6 Å². The molecule has 6 nitrogen and oxygen atoms in total. The van der Waals surface area contributed by atoms with Gasteiger partial charge in [-0.3, -0.25) is 4.57 Å². The van der Waals surface area contributed by atoms with E-state index in [-0.39, 0.29) is 5.59 Å². The smallest absolute Gasteiger partial charge is 0.443 e. The van der Waals surface area contributed by atoms with Crippen molar-refractivity contribution in [3.63, 3.8) is 0 Å². The Labute approximate surface area is 168 Å². The molecule has 0 fully saturated rings. The maximum absolute atomic E-state index is 12.8. The Hall–Kier alpha value is -1.35. The Morgan fingerprint density at radius 1 is 1.11 bits per heavy atom. The molecular formula is C19H27BBrNO5. The van der Waals surface area contributed by atoms with Gasteiger partial charge in [0.2, 0.25) is 0 Å². The fourth-order valence-corrected chi connectivity index (χ4v) is 2.72. The second-order valence-corrected chi connectivity index (χ2v) is 9.54. The quantitative estimate of drug-likeness (QED) is 0.713. The number of carbonyl (C=O) groups excluding carboxylic acids is 1. The second kappa shape index (κ2) is 7.24. The topological polar surface area (TPSA) is 80.9 Å². The van der Waals surface area contributed by atoms with E-state index in [0.717, 1.165) is 9.86 Å². The van der Waals surface area contributed by atoms with Crippen LogP contribution in [0.4, 0.5) is 4.79 Å². The minimum Gasteiger partial charge on any atom is -0.443 e. The normalized spacial score (nSPS) is 13.1. The highest BCUT2D eigenvalue weighted by Crippen LogP contribution is 2.27. The van der Waals surface area contributed by atoms with Crippen LogP contribution in [0.2, 0.25) is 0 Å². The van der Waals surface area contributed by atoms with Crippen LogP contribution in [0, 0.1) is 0 Å². The van der Waals surface area contributed by atoms with Crippen LogP contribution in [0.3, 0.4) is 0 Å². The maximum atomic E-state index is 12.8. The largest absolute Gasteiger partial charge is 0.509 e. The highest BCUT2D eigenvalue weighted by molar-refractivity contribution is 9.10. The summed E-state index contributed by atoms with van der Waals surface area (Å²) in [6.07, 6.45) is -0.616. The zero-order valence-corrected chi connectivity index (χ0v) is 18.4. The van der Waals surface area contributed by atoms with E-state index in [4.69, 9.17) is 9.39 Å². The molecule has 0 atom stereocenters. The van der Waals surface area contributed by atoms with Gasteiger partial charge < -0.3 is 19.5 Å². The number of fused-ring (bicyclic) bond motifs is 1. The molecule has 0 aliphatic rings. The molecule has 0 bridgehead atoms. The van der Waals surface area contributed by atoms with Crippen molar-refractivity contribution in [2.75, 3.05) is 0 Å². The van der Waals surface area contributed by atoms with E-state index in [1.54, 1.807) is 60.6 Å². The summed E-state index contributed by atoms with van der Waals surface area (Å²) < 4.78 is 13.3. The number of carbonyl (C=O) groups is 1. The number of hydrogen-bond acceptors (Lipinski definition) is 5. The number of rotatable bonds is 4. The van der Waals surface area contributed by atoms with Crippen molar-refractivity contribution in [2.24, 2.45) is 0 Å². The molecule has 2 rings (SSSR count). The first kappa shape index (κ1) is 21.9. The van der Waals surface area contributed by atoms with Crippen LogP contribution >= 0.6 is 15.9 Å². The lowest BCUT2D eigenvalue weighted by Gasteiger charge is -2.38.